The largest absolute Gasteiger partial charge is 0.354 e. The molecule has 0 bridgehead atoms. The maximum atomic E-state index is 11.7. The summed E-state index contributed by atoms with van der Waals surface area (Å²) in [5.41, 5.74) is 6.58. The van der Waals surface area contributed by atoms with Crippen LogP contribution < -0.4 is 11.1 Å². The van der Waals surface area contributed by atoms with Gasteiger partial charge >= 0.3 is 0 Å². The lowest BCUT2D eigenvalue weighted by Crippen LogP contribution is -2.36. The van der Waals surface area contributed by atoms with E-state index in [4.69, 9.17) is 5.73 Å². The molecule has 0 aliphatic heterocycles. The van der Waals surface area contributed by atoms with Crippen molar-refractivity contribution >= 4 is 16.7 Å². The topological polar surface area (TPSA) is 72.2 Å². The summed E-state index contributed by atoms with van der Waals surface area (Å²) in [7, 11) is -0.857. The Morgan fingerprint density at radius 2 is 2.06 bits per heavy atom. The molecule has 1 amide bonds. The van der Waals surface area contributed by atoms with Gasteiger partial charge in [0, 0.05) is 28.9 Å². The molecule has 2 atom stereocenters. The number of nitrogens with two attached hydrogens (primary N) is 1. The Kier molecular flexibility index (Phi) is 5.86. The van der Waals surface area contributed by atoms with Gasteiger partial charge < -0.3 is 11.1 Å². The molecule has 1 aromatic carbocycles. The highest BCUT2D eigenvalue weighted by Gasteiger charge is 2.14. The van der Waals surface area contributed by atoms with Crippen LogP contribution in [-0.2, 0) is 15.6 Å². The Morgan fingerprint density at radius 3 is 2.65 bits per heavy atom. The molecule has 0 heterocycles. The van der Waals surface area contributed by atoms with Crippen LogP contribution in [0.3, 0.4) is 0 Å². The van der Waals surface area contributed by atoms with Crippen LogP contribution in [0.25, 0.3) is 0 Å². The van der Waals surface area contributed by atoms with Crippen molar-refractivity contribution in [3.8, 4) is 0 Å². The van der Waals surface area contributed by atoms with Crippen LogP contribution in [0.5, 0.6) is 0 Å². The second kappa shape index (κ2) is 7.19. The molecular formula is C12H18N2O2S. The highest BCUT2D eigenvalue weighted by molar-refractivity contribution is 7.84. The summed E-state index contributed by atoms with van der Waals surface area (Å²) in [5, 5.41) is 2.69. The summed E-state index contributed by atoms with van der Waals surface area (Å²) in [5.74, 6) is 0.856. The first-order valence-corrected chi connectivity index (χ1v) is 7.07. The van der Waals surface area contributed by atoms with E-state index in [1.54, 1.807) is 0 Å². The Bertz CT molecular complexity index is 381. The van der Waals surface area contributed by atoms with E-state index in [-0.39, 0.29) is 5.91 Å². The second-order valence-corrected chi connectivity index (χ2v) is 5.48. The van der Waals surface area contributed by atoms with Gasteiger partial charge in [-0.25, -0.2) is 0 Å². The van der Waals surface area contributed by atoms with Crippen LogP contribution in [0.15, 0.2) is 30.3 Å². The molecule has 4 nitrogen and oxygen atoms in total. The van der Waals surface area contributed by atoms with Crippen molar-refractivity contribution in [3.05, 3.63) is 35.9 Å². The van der Waals surface area contributed by atoms with Gasteiger partial charge in [0.2, 0.25) is 5.91 Å². The smallest absolute Gasteiger partial charge is 0.241 e. The first-order chi connectivity index (χ1) is 8.15. The van der Waals surface area contributed by atoms with E-state index < -0.39 is 16.8 Å². The Labute approximate surface area is 104 Å². The number of hydrogen-bond acceptors (Lipinski definition) is 3. The van der Waals surface area contributed by atoms with Crippen molar-refractivity contribution in [2.45, 2.75) is 13.0 Å². The molecule has 0 fully saturated rings. The van der Waals surface area contributed by atoms with Gasteiger partial charge in [0.1, 0.15) is 6.04 Å². The summed E-state index contributed by atoms with van der Waals surface area (Å²) < 4.78 is 11.2. The van der Waals surface area contributed by atoms with Crippen LogP contribution in [0, 0.1) is 0 Å². The fraction of sp³-hybridized carbons (Fsp3) is 0.417. The summed E-state index contributed by atoms with van der Waals surface area (Å²) >= 11 is 0. The fourth-order valence-electron chi connectivity index (χ4n) is 1.35. The predicted octanol–water partition coefficient (Wildman–Crippen LogP) is 0.571. The predicted molar refractivity (Wildman–Crippen MR) is 69.9 cm³/mol. The van der Waals surface area contributed by atoms with Gasteiger partial charge in [0.25, 0.3) is 0 Å². The van der Waals surface area contributed by atoms with Gasteiger partial charge in [-0.05, 0) is 5.56 Å². The van der Waals surface area contributed by atoms with E-state index in [0.29, 0.717) is 18.1 Å². The molecule has 0 radical (unpaired) electrons. The van der Waals surface area contributed by atoms with E-state index in [9.17, 15) is 9.00 Å². The lowest BCUT2D eigenvalue weighted by molar-refractivity contribution is -0.122. The number of amides is 1. The van der Waals surface area contributed by atoms with Crippen molar-refractivity contribution in [2.24, 2.45) is 5.73 Å². The third-order valence-electron chi connectivity index (χ3n) is 2.39. The molecule has 1 rings (SSSR count). The quantitative estimate of drug-likeness (QED) is 0.779. The van der Waals surface area contributed by atoms with Crippen molar-refractivity contribution in [1.29, 1.82) is 0 Å². The molecule has 0 spiro atoms. The number of carbonyl (C=O) groups is 1. The molecule has 1 aromatic rings. The standard InChI is InChI=1S/C12H18N2O2S/c1-2-17(16)9-8-14-12(15)11(13)10-6-4-3-5-7-10/h3-7,11H,2,8-9,13H2,1H3,(H,14,15)/t11-,17?/m1/s1. The molecule has 0 saturated carbocycles. The lowest BCUT2D eigenvalue weighted by Gasteiger charge is -2.12. The third kappa shape index (κ3) is 4.66. The maximum absolute atomic E-state index is 11.7. The Balaban J connectivity index is 2.40. The Hall–Kier alpha value is -1.20. The van der Waals surface area contributed by atoms with Gasteiger partial charge in [0.05, 0.1) is 0 Å². The summed E-state index contributed by atoms with van der Waals surface area (Å²) in [6.45, 7) is 2.26. The van der Waals surface area contributed by atoms with Crippen LogP contribution in [0.1, 0.15) is 18.5 Å². The van der Waals surface area contributed by atoms with Gasteiger partial charge in [-0.15, -0.1) is 0 Å². The van der Waals surface area contributed by atoms with Crippen LogP contribution >= 0.6 is 0 Å². The monoisotopic (exact) mass is 254 g/mol. The molecule has 0 saturated heterocycles. The minimum absolute atomic E-state index is 0.232. The summed E-state index contributed by atoms with van der Waals surface area (Å²) in [6.07, 6.45) is 0. The number of nitrogens with one attached hydrogen (secondary N) is 1. The van der Waals surface area contributed by atoms with Crippen LogP contribution in [-0.4, -0.2) is 28.2 Å². The van der Waals surface area contributed by atoms with Gasteiger partial charge in [-0.3, -0.25) is 9.00 Å². The minimum Gasteiger partial charge on any atom is -0.354 e. The fourth-order valence-corrected chi connectivity index (χ4v) is 1.97. The minimum atomic E-state index is -0.857. The maximum Gasteiger partial charge on any atom is 0.241 e. The zero-order chi connectivity index (χ0) is 12.7. The molecule has 3 N–H and O–H groups in total. The van der Waals surface area contributed by atoms with E-state index in [1.165, 1.54) is 0 Å². The van der Waals surface area contributed by atoms with Crippen molar-refractivity contribution in [2.75, 3.05) is 18.1 Å². The SMILES string of the molecule is CCS(=O)CCNC(=O)[C@H](N)c1ccccc1. The molecular weight excluding hydrogens is 236 g/mol. The van der Waals surface area contributed by atoms with Gasteiger partial charge in [-0.2, -0.15) is 0 Å². The van der Waals surface area contributed by atoms with Crippen LogP contribution in [0.4, 0.5) is 0 Å². The van der Waals surface area contributed by atoms with E-state index in [1.807, 2.05) is 37.3 Å². The van der Waals surface area contributed by atoms with Crippen LogP contribution in [0.2, 0.25) is 0 Å². The molecule has 17 heavy (non-hydrogen) atoms. The lowest BCUT2D eigenvalue weighted by atomic mass is 10.1. The number of benzene rings is 1. The Morgan fingerprint density at radius 1 is 1.41 bits per heavy atom. The zero-order valence-corrected chi connectivity index (χ0v) is 10.7. The van der Waals surface area contributed by atoms with Crippen molar-refractivity contribution < 1.29 is 9.00 Å². The first kappa shape index (κ1) is 13.9. The normalized spacial score (nSPS) is 14.0. The molecule has 5 heteroatoms. The highest BCUT2D eigenvalue weighted by Crippen LogP contribution is 2.08. The molecule has 0 aromatic heterocycles. The van der Waals surface area contributed by atoms with Gasteiger partial charge in [0.15, 0.2) is 0 Å². The van der Waals surface area contributed by atoms with E-state index >= 15 is 0 Å². The number of rotatable bonds is 6. The van der Waals surface area contributed by atoms with E-state index in [0.717, 1.165) is 5.56 Å². The van der Waals surface area contributed by atoms with Crippen molar-refractivity contribution in [3.63, 3.8) is 0 Å². The number of hydrogen-bond donors (Lipinski definition) is 2. The summed E-state index contributed by atoms with van der Waals surface area (Å²) in [4.78, 5) is 11.7. The molecule has 1 unspecified atom stereocenters. The van der Waals surface area contributed by atoms with Gasteiger partial charge in [-0.1, -0.05) is 37.3 Å². The average molecular weight is 254 g/mol. The average Bonchev–Trinajstić information content (AvgIpc) is 2.38. The van der Waals surface area contributed by atoms with Crippen molar-refractivity contribution in [1.82, 2.24) is 5.32 Å². The molecule has 94 valence electrons. The highest BCUT2D eigenvalue weighted by atomic mass is 32.2. The first-order valence-electron chi connectivity index (χ1n) is 5.58. The summed E-state index contributed by atoms with van der Waals surface area (Å²) in [6, 6.07) is 8.52. The third-order valence-corrected chi connectivity index (χ3v) is 3.70. The zero-order valence-electron chi connectivity index (χ0n) is 9.89. The molecule has 0 aliphatic carbocycles. The second-order valence-electron chi connectivity index (χ2n) is 3.61. The number of carbonyl (C=O) groups excluding carboxylic acids is 1. The molecule has 0 aliphatic rings. The van der Waals surface area contributed by atoms with E-state index in [2.05, 4.69) is 5.32 Å².